The van der Waals surface area contributed by atoms with Crippen molar-refractivity contribution in [3.63, 3.8) is 0 Å². The van der Waals surface area contributed by atoms with Gasteiger partial charge < -0.3 is 20.1 Å². The minimum Gasteiger partial charge on any atom is -0.488 e. The normalized spacial score (nSPS) is 14.5. The van der Waals surface area contributed by atoms with Crippen LogP contribution in [0.3, 0.4) is 0 Å². The van der Waals surface area contributed by atoms with Crippen molar-refractivity contribution in [2.24, 2.45) is 5.73 Å². The molecule has 1 fully saturated rings. The van der Waals surface area contributed by atoms with E-state index in [1.165, 1.54) is 0 Å². The summed E-state index contributed by atoms with van der Waals surface area (Å²) in [6.07, 6.45) is 0. The summed E-state index contributed by atoms with van der Waals surface area (Å²) < 4.78 is 12.6. The number of rotatable bonds is 10. The Morgan fingerprint density at radius 2 is 1.37 bits per heavy atom. The Kier molecular flexibility index (Phi) is 9.08. The molecule has 6 heteroatoms. The van der Waals surface area contributed by atoms with E-state index in [-0.39, 0.29) is 17.4 Å². The molecule has 3 aromatic rings. The molecule has 1 amide bonds. The second-order valence-corrected chi connectivity index (χ2v) is 11.1. The van der Waals surface area contributed by atoms with Crippen LogP contribution in [0.5, 0.6) is 11.5 Å². The topological polar surface area (TPSA) is 68.0 Å². The molecule has 1 heterocycles. The van der Waals surface area contributed by atoms with Crippen molar-refractivity contribution < 1.29 is 14.3 Å². The van der Waals surface area contributed by atoms with E-state index in [1.54, 1.807) is 0 Å². The van der Waals surface area contributed by atoms with E-state index in [2.05, 4.69) is 18.7 Å². The smallest absolute Gasteiger partial charge is 0.257 e. The van der Waals surface area contributed by atoms with E-state index in [0.29, 0.717) is 37.6 Å². The van der Waals surface area contributed by atoms with Gasteiger partial charge in [-0.3, -0.25) is 9.69 Å². The zero-order chi connectivity index (χ0) is 27.1. The van der Waals surface area contributed by atoms with E-state index in [4.69, 9.17) is 15.2 Å². The maximum Gasteiger partial charge on any atom is 0.257 e. The van der Waals surface area contributed by atoms with Crippen LogP contribution in [0.25, 0.3) is 0 Å². The number of benzene rings is 3. The third-order valence-electron chi connectivity index (χ3n) is 6.73. The van der Waals surface area contributed by atoms with E-state index in [1.807, 2.05) is 91.5 Å². The van der Waals surface area contributed by atoms with Crippen LogP contribution in [-0.2, 0) is 13.2 Å². The average molecular weight is 516 g/mol. The molecule has 0 bridgehead atoms. The van der Waals surface area contributed by atoms with Crippen LogP contribution in [0, 0.1) is 0 Å². The fourth-order valence-corrected chi connectivity index (χ4v) is 4.77. The van der Waals surface area contributed by atoms with Gasteiger partial charge in [0.15, 0.2) is 0 Å². The molecule has 0 saturated carbocycles. The predicted octanol–water partition coefficient (Wildman–Crippen LogP) is 5.46. The Hall–Kier alpha value is -3.35. The molecular formula is C32H41N3O3. The van der Waals surface area contributed by atoms with E-state index < -0.39 is 0 Å². The molecule has 0 atom stereocenters. The quantitative estimate of drug-likeness (QED) is 0.388. The molecule has 1 saturated heterocycles. The van der Waals surface area contributed by atoms with Crippen LogP contribution < -0.4 is 15.2 Å². The summed E-state index contributed by atoms with van der Waals surface area (Å²) in [6, 6.07) is 24.0. The van der Waals surface area contributed by atoms with Gasteiger partial charge in [0.05, 0.1) is 5.56 Å². The van der Waals surface area contributed by atoms with Crippen LogP contribution in [0.4, 0.5) is 0 Å². The largest absolute Gasteiger partial charge is 0.488 e. The molecular weight excluding hydrogens is 474 g/mol. The molecule has 0 spiro atoms. The van der Waals surface area contributed by atoms with Crippen molar-refractivity contribution in [1.82, 2.24) is 9.80 Å². The summed E-state index contributed by atoms with van der Waals surface area (Å²) in [5.41, 5.74) is 9.69. The molecule has 6 nitrogen and oxygen atoms in total. The number of carbonyl (C=O) groups is 1. The molecule has 0 aromatic heterocycles. The third kappa shape index (κ3) is 7.59. The Morgan fingerprint density at radius 3 is 1.87 bits per heavy atom. The van der Waals surface area contributed by atoms with Crippen LogP contribution in [0.15, 0.2) is 72.8 Å². The number of nitrogens with two attached hydrogens (primary N) is 1. The number of hydrogen-bond donors (Lipinski definition) is 1. The molecule has 4 rings (SSSR count). The van der Waals surface area contributed by atoms with Crippen molar-refractivity contribution in [2.75, 3.05) is 32.7 Å². The van der Waals surface area contributed by atoms with Gasteiger partial charge in [-0.2, -0.15) is 0 Å². The first-order chi connectivity index (χ1) is 18.2. The zero-order valence-electron chi connectivity index (χ0n) is 23.2. The van der Waals surface area contributed by atoms with Crippen molar-refractivity contribution in [1.29, 1.82) is 0 Å². The highest BCUT2D eigenvalue weighted by atomic mass is 16.5. The van der Waals surface area contributed by atoms with E-state index >= 15 is 0 Å². The minimum absolute atomic E-state index is 0.00349. The molecule has 2 N–H and O–H groups in total. The second-order valence-electron chi connectivity index (χ2n) is 11.1. The molecule has 1 aliphatic rings. The van der Waals surface area contributed by atoms with Crippen LogP contribution in [0.2, 0.25) is 0 Å². The fraction of sp³-hybridized carbons (Fsp3) is 0.406. The maximum absolute atomic E-state index is 13.9. The Bertz CT molecular complexity index is 1180. The molecule has 0 aliphatic carbocycles. The molecule has 0 unspecified atom stereocenters. The Balaban J connectivity index is 1.59. The predicted molar refractivity (Wildman–Crippen MR) is 153 cm³/mol. The molecule has 0 radical (unpaired) electrons. The van der Waals surface area contributed by atoms with Gasteiger partial charge in [0, 0.05) is 44.3 Å². The van der Waals surface area contributed by atoms with Gasteiger partial charge in [-0.05, 0) is 42.5 Å². The summed E-state index contributed by atoms with van der Waals surface area (Å²) in [6.45, 7) is 12.9. The summed E-state index contributed by atoms with van der Waals surface area (Å²) in [5.74, 6) is 1.48. The first-order valence-electron chi connectivity index (χ1n) is 13.5. The highest BCUT2D eigenvalue weighted by molar-refractivity contribution is 5.97. The lowest BCUT2D eigenvalue weighted by molar-refractivity contribution is 0.0611. The number of nitrogens with zero attached hydrogens (tertiary/aromatic N) is 2. The fourth-order valence-electron chi connectivity index (χ4n) is 4.77. The van der Waals surface area contributed by atoms with Crippen LogP contribution in [-0.4, -0.2) is 54.0 Å². The standard InChI is InChI=1S/C32H41N3O3/c1-24(2)27-19-28(31(36)35-17-15-34(16-18-35)23-32(3,4)33)30(38-22-26-13-9-6-10-14-26)20-29(27)37-21-25-11-7-5-8-12-25/h5-14,19-20,24H,15-18,21-23,33H2,1-4H3. The van der Waals surface area contributed by atoms with Crippen molar-refractivity contribution in [3.8, 4) is 11.5 Å². The average Bonchev–Trinajstić information content (AvgIpc) is 2.90. The van der Waals surface area contributed by atoms with E-state index in [0.717, 1.165) is 42.1 Å². The van der Waals surface area contributed by atoms with Gasteiger partial charge in [-0.15, -0.1) is 0 Å². The van der Waals surface area contributed by atoms with Crippen molar-refractivity contribution in [2.45, 2.75) is 52.4 Å². The Labute approximate surface area is 227 Å². The lowest BCUT2D eigenvalue weighted by Crippen LogP contribution is -2.54. The first kappa shape index (κ1) is 27.7. The van der Waals surface area contributed by atoms with Gasteiger partial charge >= 0.3 is 0 Å². The monoisotopic (exact) mass is 515 g/mol. The number of carbonyl (C=O) groups excluding carboxylic acids is 1. The maximum atomic E-state index is 13.9. The zero-order valence-corrected chi connectivity index (χ0v) is 23.2. The lowest BCUT2D eigenvalue weighted by Gasteiger charge is -2.38. The summed E-state index contributed by atoms with van der Waals surface area (Å²) in [7, 11) is 0. The summed E-state index contributed by atoms with van der Waals surface area (Å²) >= 11 is 0. The number of hydrogen-bond acceptors (Lipinski definition) is 5. The van der Waals surface area contributed by atoms with Crippen LogP contribution >= 0.6 is 0 Å². The van der Waals surface area contributed by atoms with E-state index in [9.17, 15) is 4.79 Å². The van der Waals surface area contributed by atoms with Crippen molar-refractivity contribution in [3.05, 3.63) is 95.1 Å². The molecule has 3 aromatic carbocycles. The molecule has 202 valence electrons. The number of piperazine rings is 1. The van der Waals surface area contributed by atoms with Gasteiger partial charge in [-0.1, -0.05) is 74.5 Å². The highest BCUT2D eigenvalue weighted by Gasteiger charge is 2.28. The van der Waals surface area contributed by atoms with Gasteiger partial charge in [0.1, 0.15) is 24.7 Å². The van der Waals surface area contributed by atoms with Crippen molar-refractivity contribution >= 4 is 5.91 Å². The number of amides is 1. The summed E-state index contributed by atoms with van der Waals surface area (Å²) in [4.78, 5) is 18.1. The third-order valence-corrected chi connectivity index (χ3v) is 6.73. The minimum atomic E-state index is -0.258. The Morgan fingerprint density at radius 1 is 0.842 bits per heavy atom. The van der Waals surface area contributed by atoms with Gasteiger partial charge in [-0.25, -0.2) is 0 Å². The molecule has 1 aliphatic heterocycles. The highest BCUT2D eigenvalue weighted by Crippen LogP contribution is 2.36. The lowest BCUT2D eigenvalue weighted by atomic mass is 9.98. The van der Waals surface area contributed by atoms with Crippen LogP contribution in [0.1, 0.15) is 60.7 Å². The van der Waals surface area contributed by atoms with Gasteiger partial charge in [0.25, 0.3) is 5.91 Å². The summed E-state index contributed by atoms with van der Waals surface area (Å²) in [5, 5.41) is 0. The molecule has 38 heavy (non-hydrogen) atoms. The second kappa shape index (κ2) is 12.5. The number of ether oxygens (including phenoxy) is 2. The van der Waals surface area contributed by atoms with Gasteiger partial charge in [0.2, 0.25) is 0 Å². The SMILES string of the molecule is CC(C)c1cc(C(=O)N2CCN(CC(C)(C)N)CC2)c(OCc2ccccc2)cc1OCc1ccccc1. The first-order valence-corrected chi connectivity index (χ1v) is 13.5.